The summed E-state index contributed by atoms with van der Waals surface area (Å²) >= 11 is 6.39. The van der Waals surface area contributed by atoms with Crippen molar-refractivity contribution in [1.29, 1.82) is 5.26 Å². The number of carbonyl (C=O) groups is 1. The number of ether oxygens (including phenoxy) is 2. The Bertz CT molecular complexity index is 1030. The van der Waals surface area contributed by atoms with Crippen LogP contribution in [0.4, 0.5) is 0 Å². The lowest BCUT2D eigenvalue weighted by molar-refractivity contribution is -0.00677. The fourth-order valence-electron chi connectivity index (χ4n) is 4.12. The van der Waals surface area contributed by atoms with Crippen LogP contribution >= 0.6 is 11.6 Å². The summed E-state index contributed by atoms with van der Waals surface area (Å²) in [7, 11) is 0. The van der Waals surface area contributed by atoms with E-state index in [9.17, 15) is 10.1 Å². The normalized spacial score (nSPS) is 22.4. The first-order valence-electron chi connectivity index (χ1n) is 9.97. The van der Waals surface area contributed by atoms with Gasteiger partial charge in [0.05, 0.1) is 21.9 Å². The monoisotopic (exact) mass is 423 g/mol. The zero-order chi connectivity index (χ0) is 21.3. The van der Waals surface area contributed by atoms with Crippen LogP contribution in [-0.2, 0) is 9.47 Å². The quantitative estimate of drug-likeness (QED) is 0.681. The molecule has 3 atom stereocenters. The zero-order valence-electron chi connectivity index (χ0n) is 16.8. The molecule has 6 nitrogen and oxygen atoms in total. The van der Waals surface area contributed by atoms with Gasteiger partial charge < -0.3 is 9.47 Å². The van der Waals surface area contributed by atoms with Crippen molar-refractivity contribution in [1.82, 2.24) is 5.01 Å². The van der Waals surface area contributed by atoms with Crippen LogP contribution in [0.1, 0.15) is 40.4 Å². The molecule has 3 unspecified atom stereocenters. The van der Waals surface area contributed by atoms with Crippen LogP contribution < -0.4 is 0 Å². The summed E-state index contributed by atoms with van der Waals surface area (Å²) in [5.41, 5.74) is 3.35. The lowest BCUT2D eigenvalue weighted by Gasteiger charge is -2.26. The van der Waals surface area contributed by atoms with Gasteiger partial charge in [-0.2, -0.15) is 10.4 Å². The number of halogens is 1. The minimum absolute atomic E-state index is 0.193. The molecule has 0 radical (unpaired) electrons. The average Bonchev–Trinajstić information content (AvgIpc) is 3.31. The van der Waals surface area contributed by atoms with Crippen LogP contribution in [0, 0.1) is 18.3 Å². The first-order chi connectivity index (χ1) is 14.5. The van der Waals surface area contributed by atoms with Gasteiger partial charge in [0.1, 0.15) is 24.3 Å². The fourth-order valence-corrected chi connectivity index (χ4v) is 4.32. The molecule has 0 aromatic heterocycles. The summed E-state index contributed by atoms with van der Waals surface area (Å²) in [4.78, 5) is 12.6. The number of benzene rings is 2. The van der Waals surface area contributed by atoms with E-state index in [1.807, 2.05) is 43.1 Å². The second-order valence-corrected chi connectivity index (χ2v) is 7.70. The number of nitrogens with zero attached hydrogens (tertiary/aromatic N) is 3. The summed E-state index contributed by atoms with van der Waals surface area (Å²) in [5, 5.41) is 16.4. The molecule has 2 aliphatic heterocycles. The van der Waals surface area contributed by atoms with Crippen LogP contribution in [0.15, 0.2) is 47.6 Å². The molecule has 0 aliphatic carbocycles. The molecule has 4 rings (SSSR count). The molecular weight excluding hydrogens is 402 g/mol. The van der Waals surface area contributed by atoms with E-state index in [-0.39, 0.29) is 24.2 Å². The number of hydrogen-bond acceptors (Lipinski definition) is 6. The highest BCUT2D eigenvalue weighted by atomic mass is 35.5. The van der Waals surface area contributed by atoms with Crippen molar-refractivity contribution < 1.29 is 14.3 Å². The minimum Gasteiger partial charge on any atom is -0.456 e. The smallest absolute Gasteiger partial charge is 0.338 e. The average molecular weight is 424 g/mol. The number of nitriles is 1. The maximum absolute atomic E-state index is 12.6. The summed E-state index contributed by atoms with van der Waals surface area (Å²) in [5.74, 6) is -0.344. The van der Waals surface area contributed by atoms with Gasteiger partial charge in [-0.25, -0.2) is 4.79 Å². The Labute approximate surface area is 180 Å². The van der Waals surface area contributed by atoms with Gasteiger partial charge in [0.25, 0.3) is 0 Å². The summed E-state index contributed by atoms with van der Waals surface area (Å²) < 4.78 is 11.9. The number of hydrogen-bond donors (Lipinski definition) is 0. The molecule has 2 aromatic rings. The van der Waals surface area contributed by atoms with Gasteiger partial charge >= 0.3 is 5.97 Å². The molecule has 1 fully saturated rings. The van der Waals surface area contributed by atoms with Crippen LogP contribution in [0.2, 0.25) is 5.02 Å². The van der Waals surface area contributed by atoms with E-state index < -0.39 is 0 Å². The second-order valence-electron chi connectivity index (χ2n) is 7.32. The number of fused-ring (bicyclic) bond motifs is 1. The van der Waals surface area contributed by atoms with Crippen molar-refractivity contribution in [2.45, 2.75) is 38.5 Å². The molecule has 7 heteroatoms. The van der Waals surface area contributed by atoms with Crippen molar-refractivity contribution >= 4 is 23.3 Å². The largest absolute Gasteiger partial charge is 0.456 e. The molecule has 30 heavy (non-hydrogen) atoms. The zero-order valence-corrected chi connectivity index (χ0v) is 17.6. The van der Waals surface area contributed by atoms with Crippen molar-refractivity contribution in [3.05, 3.63) is 69.7 Å². The Morgan fingerprint density at radius 2 is 2.07 bits per heavy atom. The highest BCUT2D eigenvalue weighted by Gasteiger charge is 2.49. The summed E-state index contributed by atoms with van der Waals surface area (Å²) in [6, 6.07) is 14.4. The van der Waals surface area contributed by atoms with E-state index in [1.165, 1.54) is 0 Å². The predicted molar refractivity (Wildman–Crippen MR) is 114 cm³/mol. The van der Waals surface area contributed by atoms with Crippen molar-refractivity contribution in [3.8, 4) is 6.07 Å². The third kappa shape index (κ3) is 3.55. The topological polar surface area (TPSA) is 74.9 Å². The first kappa shape index (κ1) is 20.4. The van der Waals surface area contributed by atoms with Crippen molar-refractivity contribution in [2.24, 2.45) is 5.10 Å². The molecule has 0 amide bonds. The Balaban J connectivity index is 1.62. The van der Waals surface area contributed by atoms with Crippen molar-refractivity contribution in [2.75, 3.05) is 13.2 Å². The number of carbonyl (C=O) groups excluding carboxylic acids is 1. The van der Waals surface area contributed by atoms with Gasteiger partial charge in [0, 0.05) is 25.1 Å². The van der Waals surface area contributed by atoms with Crippen LogP contribution in [-0.4, -0.2) is 48.1 Å². The van der Waals surface area contributed by atoms with E-state index >= 15 is 0 Å². The molecule has 2 aromatic carbocycles. The predicted octanol–water partition coefficient (Wildman–Crippen LogP) is 3.94. The SMILES string of the molecule is CCOC1C(c2ccc(C#N)c(Cl)c2C)=NN2CCC(OC(=O)c3ccccc3)C12. The summed E-state index contributed by atoms with van der Waals surface area (Å²) in [6.45, 7) is 4.98. The van der Waals surface area contributed by atoms with E-state index in [0.29, 0.717) is 35.7 Å². The van der Waals surface area contributed by atoms with Gasteiger partial charge in [-0.3, -0.25) is 5.01 Å². The highest BCUT2D eigenvalue weighted by molar-refractivity contribution is 6.33. The molecule has 2 aliphatic rings. The van der Waals surface area contributed by atoms with Crippen LogP contribution in [0.3, 0.4) is 0 Å². The van der Waals surface area contributed by atoms with Gasteiger partial charge in [-0.1, -0.05) is 35.9 Å². The van der Waals surface area contributed by atoms with Crippen LogP contribution in [0.25, 0.3) is 0 Å². The molecule has 0 saturated carbocycles. The molecular formula is C23H22ClN3O3. The van der Waals surface area contributed by atoms with Gasteiger partial charge in [0.2, 0.25) is 0 Å². The van der Waals surface area contributed by atoms with Crippen LogP contribution in [0.5, 0.6) is 0 Å². The molecule has 154 valence electrons. The summed E-state index contributed by atoms with van der Waals surface area (Å²) in [6.07, 6.45) is 0.00918. The number of rotatable bonds is 5. The molecule has 0 bridgehead atoms. The highest BCUT2D eigenvalue weighted by Crippen LogP contribution is 2.35. The Morgan fingerprint density at radius 1 is 1.30 bits per heavy atom. The second kappa shape index (κ2) is 8.47. The third-order valence-electron chi connectivity index (χ3n) is 5.58. The van der Waals surface area contributed by atoms with Crippen molar-refractivity contribution in [3.63, 3.8) is 0 Å². The fraction of sp³-hybridized carbons (Fsp3) is 0.348. The maximum atomic E-state index is 12.6. The van der Waals surface area contributed by atoms with E-state index in [4.69, 9.17) is 26.2 Å². The number of esters is 1. The Kier molecular flexibility index (Phi) is 5.76. The van der Waals surface area contributed by atoms with Gasteiger partial charge in [-0.05, 0) is 37.6 Å². The standard InChI is InChI=1S/C23H22ClN3O3/c1-3-29-22-20(17-10-9-16(13-25)19(24)14(17)2)26-27-12-11-18(21(22)27)30-23(28)15-7-5-4-6-8-15/h4-10,18,21-22H,3,11-12H2,1-2H3. The minimum atomic E-state index is -0.353. The Hall–Kier alpha value is -2.88. The molecule has 0 spiro atoms. The van der Waals surface area contributed by atoms with Gasteiger partial charge in [0.15, 0.2) is 0 Å². The molecule has 2 heterocycles. The lowest BCUT2D eigenvalue weighted by atomic mass is 9.94. The third-order valence-corrected chi connectivity index (χ3v) is 6.07. The maximum Gasteiger partial charge on any atom is 0.338 e. The van der Waals surface area contributed by atoms with E-state index in [2.05, 4.69) is 6.07 Å². The van der Waals surface area contributed by atoms with E-state index in [1.54, 1.807) is 18.2 Å². The molecule has 1 saturated heterocycles. The lowest BCUT2D eigenvalue weighted by Crippen LogP contribution is -2.44. The van der Waals surface area contributed by atoms with E-state index in [0.717, 1.165) is 16.8 Å². The number of hydrazone groups is 1. The molecule has 0 N–H and O–H groups in total. The Morgan fingerprint density at radius 3 is 2.77 bits per heavy atom. The van der Waals surface area contributed by atoms with Gasteiger partial charge in [-0.15, -0.1) is 0 Å². The first-order valence-corrected chi connectivity index (χ1v) is 10.3.